The Balaban J connectivity index is 2.21. The molecule has 0 radical (unpaired) electrons. The zero-order valence-electron chi connectivity index (χ0n) is 12.1. The van der Waals surface area contributed by atoms with Crippen molar-refractivity contribution in [1.29, 1.82) is 0 Å². The smallest absolute Gasteiger partial charge is 0.297 e. The Hall–Kier alpha value is -1.92. The Bertz CT molecular complexity index is 711. The highest BCUT2D eigenvalue weighted by atomic mass is 32.2. The number of benzene rings is 1. The normalized spacial score (nSPS) is 12.9. The van der Waals surface area contributed by atoms with E-state index in [4.69, 9.17) is 8.92 Å². The lowest BCUT2D eigenvalue weighted by Crippen LogP contribution is -2.10. The number of ether oxygens (including phenoxy) is 1. The van der Waals surface area contributed by atoms with Gasteiger partial charge in [0, 0.05) is 11.8 Å². The van der Waals surface area contributed by atoms with E-state index in [1.165, 1.54) is 19.2 Å². The van der Waals surface area contributed by atoms with Crippen LogP contribution in [0.5, 0.6) is 5.75 Å². The van der Waals surface area contributed by atoms with Crippen LogP contribution in [0.25, 0.3) is 0 Å². The van der Waals surface area contributed by atoms with Gasteiger partial charge in [0.2, 0.25) is 0 Å². The third-order valence-corrected chi connectivity index (χ3v) is 4.41. The van der Waals surface area contributed by atoms with Crippen molar-refractivity contribution in [2.45, 2.75) is 24.8 Å². The summed E-state index contributed by atoms with van der Waals surface area (Å²) < 4.78 is 34.7. The molecular weight excluding hydrogens is 290 g/mol. The van der Waals surface area contributed by atoms with Gasteiger partial charge in [-0.2, -0.15) is 8.42 Å². The van der Waals surface area contributed by atoms with Crippen LogP contribution in [0.15, 0.2) is 47.6 Å². The standard InChI is InChI=1S/C15H17NO4S/c1-11-4-6-15(7-5-11)21(17,18)20-12(2)13-8-14(19-3)10-16-9-13/h4-10,12H,1-3H3. The van der Waals surface area contributed by atoms with Crippen LogP contribution in [0.2, 0.25) is 0 Å². The van der Waals surface area contributed by atoms with E-state index < -0.39 is 16.2 Å². The molecule has 1 atom stereocenters. The van der Waals surface area contributed by atoms with Crippen LogP contribution >= 0.6 is 0 Å². The van der Waals surface area contributed by atoms with E-state index in [9.17, 15) is 8.42 Å². The van der Waals surface area contributed by atoms with Crippen molar-refractivity contribution < 1.29 is 17.3 Å². The van der Waals surface area contributed by atoms with Crippen LogP contribution in [0.3, 0.4) is 0 Å². The first kappa shape index (κ1) is 15.5. The van der Waals surface area contributed by atoms with Crippen molar-refractivity contribution in [2.24, 2.45) is 0 Å². The first-order valence-corrected chi connectivity index (χ1v) is 7.82. The Morgan fingerprint density at radius 2 is 1.81 bits per heavy atom. The SMILES string of the molecule is COc1cncc(C(C)OS(=O)(=O)c2ccc(C)cc2)c1. The summed E-state index contributed by atoms with van der Waals surface area (Å²) in [4.78, 5) is 4.13. The molecule has 1 heterocycles. The first-order chi connectivity index (χ1) is 9.92. The monoisotopic (exact) mass is 307 g/mol. The second kappa shape index (κ2) is 6.24. The molecule has 0 saturated carbocycles. The molecule has 0 N–H and O–H groups in total. The van der Waals surface area contributed by atoms with Gasteiger partial charge in [-0.1, -0.05) is 17.7 Å². The molecule has 21 heavy (non-hydrogen) atoms. The molecule has 112 valence electrons. The molecule has 0 aliphatic rings. The summed E-state index contributed by atoms with van der Waals surface area (Å²) in [6.07, 6.45) is 2.45. The zero-order valence-corrected chi connectivity index (χ0v) is 12.9. The van der Waals surface area contributed by atoms with E-state index in [1.54, 1.807) is 37.5 Å². The molecule has 0 aliphatic carbocycles. The summed E-state index contributed by atoms with van der Waals surface area (Å²) in [5.74, 6) is 0.552. The van der Waals surface area contributed by atoms with Gasteiger partial charge in [-0.3, -0.25) is 9.17 Å². The number of methoxy groups -OCH3 is 1. The van der Waals surface area contributed by atoms with Crippen LogP contribution in [-0.2, 0) is 14.3 Å². The van der Waals surface area contributed by atoms with Crippen LogP contribution in [0, 0.1) is 6.92 Å². The molecule has 0 bridgehead atoms. The lowest BCUT2D eigenvalue weighted by molar-refractivity contribution is 0.233. The lowest BCUT2D eigenvalue weighted by atomic mass is 10.2. The Morgan fingerprint density at radius 1 is 1.14 bits per heavy atom. The zero-order chi connectivity index (χ0) is 15.5. The van der Waals surface area contributed by atoms with Gasteiger partial charge in [0.15, 0.2) is 0 Å². The molecule has 0 aliphatic heterocycles. The van der Waals surface area contributed by atoms with E-state index in [-0.39, 0.29) is 4.90 Å². The fraction of sp³-hybridized carbons (Fsp3) is 0.267. The number of nitrogens with zero attached hydrogens (tertiary/aromatic N) is 1. The quantitative estimate of drug-likeness (QED) is 0.795. The Morgan fingerprint density at radius 3 is 2.43 bits per heavy atom. The van der Waals surface area contributed by atoms with Gasteiger partial charge < -0.3 is 4.74 Å². The number of hydrogen-bond acceptors (Lipinski definition) is 5. The molecule has 0 spiro atoms. The average molecular weight is 307 g/mol. The maximum Gasteiger partial charge on any atom is 0.297 e. The van der Waals surface area contributed by atoms with E-state index in [1.807, 2.05) is 6.92 Å². The predicted molar refractivity (Wildman–Crippen MR) is 78.7 cm³/mol. The number of aromatic nitrogens is 1. The summed E-state index contributed by atoms with van der Waals surface area (Å²) in [7, 11) is -2.29. The first-order valence-electron chi connectivity index (χ1n) is 6.41. The minimum Gasteiger partial charge on any atom is -0.495 e. The number of pyridine rings is 1. The van der Waals surface area contributed by atoms with Gasteiger partial charge in [0.1, 0.15) is 11.9 Å². The Labute approximate surface area is 124 Å². The van der Waals surface area contributed by atoms with Gasteiger partial charge in [0.05, 0.1) is 18.2 Å². The third-order valence-electron chi connectivity index (χ3n) is 3.02. The molecule has 1 aromatic carbocycles. The molecule has 1 aromatic heterocycles. The molecule has 0 amide bonds. The maximum absolute atomic E-state index is 12.2. The van der Waals surface area contributed by atoms with Gasteiger partial charge in [-0.05, 0) is 32.0 Å². The van der Waals surface area contributed by atoms with E-state index >= 15 is 0 Å². The van der Waals surface area contributed by atoms with Crippen LogP contribution in [0.4, 0.5) is 0 Å². The Kier molecular flexibility index (Phi) is 4.59. The van der Waals surface area contributed by atoms with E-state index in [0.717, 1.165) is 5.56 Å². The largest absolute Gasteiger partial charge is 0.495 e. The summed E-state index contributed by atoms with van der Waals surface area (Å²) >= 11 is 0. The van der Waals surface area contributed by atoms with Gasteiger partial charge in [-0.15, -0.1) is 0 Å². The van der Waals surface area contributed by atoms with Crippen molar-refractivity contribution in [3.8, 4) is 5.75 Å². The van der Waals surface area contributed by atoms with E-state index in [2.05, 4.69) is 4.98 Å². The summed E-state index contributed by atoms with van der Waals surface area (Å²) in [5.41, 5.74) is 1.61. The number of aryl methyl sites for hydroxylation is 1. The topological polar surface area (TPSA) is 65.5 Å². The van der Waals surface area contributed by atoms with Crippen LogP contribution in [0.1, 0.15) is 24.2 Å². The molecule has 2 aromatic rings. The molecule has 0 fully saturated rings. The van der Waals surface area contributed by atoms with Gasteiger partial charge >= 0.3 is 0 Å². The van der Waals surface area contributed by atoms with E-state index in [0.29, 0.717) is 11.3 Å². The molecule has 0 saturated heterocycles. The maximum atomic E-state index is 12.2. The summed E-state index contributed by atoms with van der Waals surface area (Å²) in [5, 5.41) is 0. The minimum absolute atomic E-state index is 0.135. The predicted octanol–water partition coefficient (Wildman–Crippen LogP) is 2.87. The van der Waals surface area contributed by atoms with Crippen molar-refractivity contribution in [2.75, 3.05) is 7.11 Å². The molecular formula is C15H17NO4S. The molecule has 5 nitrogen and oxygen atoms in total. The lowest BCUT2D eigenvalue weighted by Gasteiger charge is -2.14. The number of rotatable bonds is 5. The highest BCUT2D eigenvalue weighted by Crippen LogP contribution is 2.25. The highest BCUT2D eigenvalue weighted by Gasteiger charge is 2.20. The molecule has 6 heteroatoms. The fourth-order valence-corrected chi connectivity index (χ4v) is 2.85. The van der Waals surface area contributed by atoms with Crippen molar-refractivity contribution in [1.82, 2.24) is 4.98 Å². The average Bonchev–Trinajstić information content (AvgIpc) is 2.47. The van der Waals surface area contributed by atoms with Crippen molar-refractivity contribution in [3.63, 3.8) is 0 Å². The third kappa shape index (κ3) is 3.80. The van der Waals surface area contributed by atoms with Crippen LogP contribution in [-0.4, -0.2) is 20.5 Å². The second-order valence-electron chi connectivity index (χ2n) is 4.66. The summed E-state index contributed by atoms with van der Waals surface area (Å²) in [6.45, 7) is 3.55. The minimum atomic E-state index is -3.81. The molecule has 1 unspecified atom stereocenters. The summed E-state index contributed by atoms with van der Waals surface area (Å²) in [6, 6.07) is 8.22. The highest BCUT2D eigenvalue weighted by molar-refractivity contribution is 7.86. The molecule has 2 rings (SSSR count). The van der Waals surface area contributed by atoms with Crippen molar-refractivity contribution >= 4 is 10.1 Å². The number of hydrogen-bond donors (Lipinski definition) is 0. The second-order valence-corrected chi connectivity index (χ2v) is 6.24. The van der Waals surface area contributed by atoms with Gasteiger partial charge in [0.25, 0.3) is 10.1 Å². The van der Waals surface area contributed by atoms with Gasteiger partial charge in [-0.25, -0.2) is 0 Å². The fourth-order valence-electron chi connectivity index (χ4n) is 1.78. The van der Waals surface area contributed by atoms with Crippen molar-refractivity contribution in [3.05, 3.63) is 53.9 Å². The van der Waals surface area contributed by atoms with Crippen LogP contribution < -0.4 is 4.74 Å².